The summed E-state index contributed by atoms with van der Waals surface area (Å²) in [7, 11) is 0. The minimum Gasteiger partial charge on any atom is -0.394 e. The molecular weight excluding hydrogens is 1020 g/mol. The summed E-state index contributed by atoms with van der Waals surface area (Å²) < 4.78 is 34.3. The Labute approximate surface area is 474 Å². The number of carbonyl (C=O) groups is 1. The topological polar surface area (TPSA) is 307 Å². The van der Waals surface area contributed by atoms with E-state index in [0.29, 0.717) is 6.42 Å². The van der Waals surface area contributed by atoms with Gasteiger partial charge in [0.1, 0.15) is 73.2 Å². The number of hydrogen-bond acceptors (Lipinski definition) is 18. The van der Waals surface area contributed by atoms with Crippen LogP contribution in [0.1, 0.15) is 232 Å². The van der Waals surface area contributed by atoms with Crippen LogP contribution in [0.5, 0.6) is 0 Å². The highest BCUT2D eigenvalue weighted by atomic mass is 16.8. The maximum absolute atomic E-state index is 13.3. The second-order valence-electron chi connectivity index (χ2n) is 22.9. The molecule has 3 fully saturated rings. The molecule has 17 unspecified atom stereocenters. The molecule has 0 aliphatic carbocycles. The number of nitrogens with one attached hydrogen (secondary N) is 1. The van der Waals surface area contributed by atoms with Crippen LogP contribution in [0.4, 0.5) is 0 Å². The van der Waals surface area contributed by atoms with Crippen LogP contribution in [0, 0.1) is 0 Å². The van der Waals surface area contributed by atoms with E-state index in [0.717, 1.165) is 44.9 Å². The fourth-order valence-electron chi connectivity index (χ4n) is 10.9. The van der Waals surface area contributed by atoms with Crippen molar-refractivity contribution in [1.82, 2.24) is 5.32 Å². The Bertz CT molecular complexity index is 1500. The standard InChI is InChI=1S/C60H113NO18/c1-3-5-7-9-11-13-15-17-19-21-22-23-25-27-29-31-33-35-37-44(65)43(61-48(66)38-36-34-32-30-28-26-24-20-18-16-14-12-10-8-6-4-2)42-74-58-54(72)51(69)56(46(40-63)76-58)79-60-55(73)52(70)57(47(41-64)77-60)78-59-53(71)50(68)49(67)45(39-62)75-59/h35,37,43-47,49-60,62-65,67-73H,3-34,36,38-42H2,1-2H3,(H,61,66)/b37-35+. The van der Waals surface area contributed by atoms with Gasteiger partial charge in [-0.2, -0.15) is 0 Å². The van der Waals surface area contributed by atoms with Crippen molar-refractivity contribution in [1.29, 1.82) is 0 Å². The second kappa shape index (κ2) is 44.1. The first-order valence-electron chi connectivity index (χ1n) is 31.4. The molecule has 12 N–H and O–H groups in total. The number of hydrogen-bond donors (Lipinski definition) is 12. The molecule has 3 heterocycles. The van der Waals surface area contributed by atoms with Gasteiger partial charge in [0.2, 0.25) is 5.91 Å². The van der Waals surface area contributed by atoms with Crippen molar-refractivity contribution in [2.45, 2.75) is 336 Å². The van der Waals surface area contributed by atoms with Gasteiger partial charge >= 0.3 is 0 Å². The van der Waals surface area contributed by atoms with Crippen molar-refractivity contribution >= 4 is 5.91 Å². The van der Waals surface area contributed by atoms with Gasteiger partial charge in [-0.1, -0.05) is 219 Å². The third kappa shape index (κ3) is 27.9. The molecule has 17 atom stereocenters. The molecule has 3 rings (SSSR count). The molecule has 0 radical (unpaired) electrons. The van der Waals surface area contributed by atoms with Crippen molar-refractivity contribution in [3.63, 3.8) is 0 Å². The first kappa shape index (κ1) is 71.8. The van der Waals surface area contributed by atoms with Gasteiger partial charge in [0.15, 0.2) is 18.9 Å². The van der Waals surface area contributed by atoms with Gasteiger partial charge < -0.3 is 89.9 Å². The van der Waals surface area contributed by atoms with Gasteiger partial charge in [-0.3, -0.25) is 4.79 Å². The molecule has 1 amide bonds. The normalized spacial score (nSPS) is 30.3. The zero-order chi connectivity index (χ0) is 57.6. The van der Waals surface area contributed by atoms with E-state index in [9.17, 15) is 61.0 Å². The first-order chi connectivity index (χ1) is 38.3. The smallest absolute Gasteiger partial charge is 0.220 e. The molecule has 0 aromatic rings. The molecule has 0 saturated carbocycles. The number of aliphatic hydroxyl groups is 11. The van der Waals surface area contributed by atoms with Crippen LogP contribution in [0.25, 0.3) is 0 Å². The zero-order valence-corrected chi connectivity index (χ0v) is 48.6. The van der Waals surface area contributed by atoms with Gasteiger partial charge in [0.05, 0.1) is 38.6 Å². The molecule has 19 heteroatoms. The van der Waals surface area contributed by atoms with Gasteiger partial charge in [-0.05, 0) is 19.3 Å². The molecule has 0 bridgehead atoms. The van der Waals surface area contributed by atoms with Crippen LogP contribution >= 0.6 is 0 Å². The predicted octanol–water partition coefficient (Wildman–Crippen LogP) is 6.16. The fourth-order valence-corrected chi connectivity index (χ4v) is 10.9. The molecule has 3 aliphatic heterocycles. The molecule has 0 spiro atoms. The molecule has 19 nitrogen and oxygen atoms in total. The molecular formula is C60H113NO18. The Kier molecular flexibility index (Phi) is 40.1. The van der Waals surface area contributed by atoms with E-state index in [-0.39, 0.29) is 18.9 Å². The van der Waals surface area contributed by atoms with E-state index < -0.39 is 124 Å². The Balaban J connectivity index is 1.49. The second-order valence-corrected chi connectivity index (χ2v) is 22.9. The van der Waals surface area contributed by atoms with Crippen molar-refractivity contribution < 1.29 is 89.4 Å². The quantitative estimate of drug-likeness (QED) is 0.0240. The number of amides is 1. The van der Waals surface area contributed by atoms with E-state index in [1.165, 1.54) is 161 Å². The van der Waals surface area contributed by atoms with E-state index >= 15 is 0 Å². The van der Waals surface area contributed by atoms with E-state index in [4.69, 9.17) is 28.4 Å². The van der Waals surface area contributed by atoms with E-state index in [1.54, 1.807) is 6.08 Å². The maximum Gasteiger partial charge on any atom is 0.220 e. The molecule has 0 aromatic heterocycles. The number of carbonyl (C=O) groups excluding carboxylic acids is 1. The van der Waals surface area contributed by atoms with Crippen LogP contribution in [0.3, 0.4) is 0 Å². The third-order valence-electron chi connectivity index (χ3n) is 16.1. The summed E-state index contributed by atoms with van der Waals surface area (Å²) in [5.74, 6) is -0.272. The van der Waals surface area contributed by atoms with Gasteiger partial charge in [-0.25, -0.2) is 0 Å². The SMILES string of the molecule is CCCCCCCCCCCCCCCCCC/C=C/C(O)C(COC1OC(CO)C(OC2OC(CO)C(OC3OC(CO)C(O)C(O)C3O)C(O)C2O)C(O)C1O)NC(=O)CCCCCCCCCCCCCCCCCC. The fraction of sp³-hybridized carbons (Fsp3) is 0.950. The number of unbranched alkanes of at least 4 members (excludes halogenated alkanes) is 31. The van der Waals surface area contributed by atoms with Gasteiger partial charge in [-0.15, -0.1) is 0 Å². The lowest BCUT2D eigenvalue weighted by molar-refractivity contribution is -0.379. The number of allylic oxidation sites excluding steroid dienone is 1. The van der Waals surface area contributed by atoms with Crippen molar-refractivity contribution in [3.05, 3.63) is 12.2 Å². The molecule has 3 saturated heterocycles. The highest BCUT2D eigenvalue weighted by Crippen LogP contribution is 2.33. The Morgan fingerprint density at radius 2 is 0.785 bits per heavy atom. The largest absolute Gasteiger partial charge is 0.394 e. The highest BCUT2D eigenvalue weighted by molar-refractivity contribution is 5.76. The predicted molar refractivity (Wildman–Crippen MR) is 300 cm³/mol. The van der Waals surface area contributed by atoms with Crippen molar-refractivity contribution in [2.75, 3.05) is 26.4 Å². The molecule has 79 heavy (non-hydrogen) atoms. The number of aliphatic hydroxyl groups excluding tert-OH is 11. The average molecular weight is 1140 g/mol. The average Bonchev–Trinajstić information content (AvgIpc) is 3.49. The van der Waals surface area contributed by atoms with Crippen molar-refractivity contribution in [3.8, 4) is 0 Å². The molecule has 466 valence electrons. The van der Waals surface area contributed by atoms with Crippen molar-refractivity contribution in [2.24, 2.45) is 0 Å². The monoisotopic (exact) mass is 1140 g/mol. The van der Waals surface area contributed by atoms with E-state index in [1.807, 2.05) is 6.08 Å². The Hall–Kier alpha value is -1.47. The minimum atomic E-state index is -1.97. The summed E-state index contributed by atoms with van der Waals surface area (Å²) >= 11 is 0. The highest BCUT2D eigenvalue weighted by Gasteiger charge is 2.53. The number of rotatable bonds is 47. The van der Waals surface area contributed by atoms with Gasteiger partial charge in [0.25, 0.3) is 0 Å². The lowest BCUT2D eigenvalue weighted by Gasteiger charge is -2.48. The van der Waals surface area contributed by atoms with Crippen LogP contribution in [-0.2, 0) is 33.2 Å². The zero-order valence-electron chi connectivity index (χ0n) is 48.6. The van der Waals surface area contributed by atoms with Crippen LogP contribution in [0.2, 0.25) is 0 Å². The summed E-state index contributed by atoms with van der Waals surface area (Å²) in [5.41, 5.74) is 0. The maximum atomic E-state index is 13.3. The van der Waals surface area contributed by atoms with Gasteiger partial charge in [0, 0.05) is 6.42 Å². The minimum absolute atomic E-state index is 0.249. The van der Waals surface area contributed by atoms with Crippen LogP contribution in [0.15, 0.2) is 12.2 Å². The first-order valence-corrected chi connectivity index (χ1v) is 31.4. The summed E-state index contributed by atoms with van der Waals surface area (Å²) in [5, 5.41) is 120. The molecule has 3 aliphatic rings. The Morgan fingerprint density at radius 3 is 1.19 bits per heavy atom. The number of ether oxygens (including phenoxy) is 6. The molecule has 0 aromatic carbocycles. The van der Waals surface area contributed by atoms with Crippen LogP contribution in [-0.4, -0.2) is 193 Å². The summed E-state index contributed by atoms with van der Waals surface area (Å²) in [6.07, 6.45) is 17.5. The summed E-state index contributed by atoms with van der Waals surface area (Å²) in [6, 6.07) is -0.967. The third-order valence-corrected chi connectivity index (χ3v) is 16.1. The lowest BCUT2D eigenvalue weighted by atomic mass is 9.96. The summed E-state index contributed by atoms with van der Waals surface area (Å²) in [4.78, 5) is 13.3. The lowest BCUT2D eigenvalue weighted by Crippen LogP contribution is -2.66. The van der Waals surface area contributed by atoms with Crippen LogP contribution < -0.4 is 5.32 Å². The summed E-state index contributed by atoms with van der Waals surface area (Å²) in [6.45, 7) is 1.75. The Morgan fingerprint density at radius 1 is 0.443 bits per heavy atom. The van der Waals surface area contributed by atoms with E-state index in [2.05, 4.69) is 19.2 Å².